The molecule has 0 radical (unpaired) electrons. The first-order valence-corrected chi connectivity index (χ1v) is 6.31. The Hall–Kier alpha value is -0.950. The molecule has 0 unspecified atom stereocenters. The summed E-state index contributed by atoms with van der Waals surface area (Å²) in [6.45, 7) is 1.68. The standard InChI is InChI=1S/C11H15Cl2N3O3/c1-18-5-3-16(4-6-19-2)11(17)8-7-9(12)14-15-10(8)13/h7H,3-6H2,1-2H3. The Morgan fingerprint density at radius 2 is 1.79 bits per heavy atom. The van der Waals surface area contributed by atoms with Crippen molar-refractivity contribution >= 4 is 29.1 Å². The van der Waals surface area contributed by atoms with Crippen LogP contribution in [0.15, 0.2) is 6.07 Å². The summed E-state index contributed by atoms with van der Waals surface area (Å²) < 4.78 is 9.94. The van der Waals surface area contributed by atoms with E-state index < -0.39 is 0 Å². The number of carbonyl (C=O) groups is 1. The number of rotatable bonds is 7. The summed E-state index contributed by atoms with van der Waals surface area (Å²) in [5.41, 5.74) is 0.217. The molecule has 0 aliphatic carbocycles. The molecule has 0 saturated carbocycles. The predicted molar refractivity (Wildman–Crippen MR) is 71.7 cm³/mol. The number of ether oxygens (including phenoxy) is 2. The first-order chi connectivity index (χ1) is 9.10. The lowest BCUT2D eigenvalue weighted by atomic mass is 10.2. The van der Waals surface area contributed by atoms with E-state index in [0.717, 1.165) is 0 Å². The quantitative estimate of drug-likeness (QED) is 0.764. The molecule has 0 aromatic carbocycles. The molecule has 0 fully saturated rings. The minimum absolute atomic E-state index is 0.0224. The topological polar surface area (TPSA) is 64.6 Å². The molecule has 1 aromatic heterocycles. The van der Waals surface area contributed by atoms with Crippen LogP contribution in [0.1, 0.15) is 10.4 Å². The Bertz CT molecular complexity index is 424. The summed E-state index contributed by atoms with van der Waals surface area (Å²) in [6.07, 6.45) is 0. The van der Waals surface area contributed by atoms with Crippen LogP contribution in [0.3, 0.4) is 0 Å². The van der Waals surface area contributed by atoms with E-state index in [2.05, 4.69) is 10.2 Å². The van der Waals surface area contributed by atoms with Crippen LogP contribution in [-0.2, 0) is 9.47 Å². The molecule has 0 aliphatic rings. The molecule has 0 aliphatic heterocycles. The number of halogens is 2. The molecule has 106 valence electrons. The minimum Gasteiger partial charge on any atom is -0.383 e. The van der Waals surface area contributed by atoms with Crippen molar-refractivity contribution in [2.75, 3.05) is 40.5 Å². The number of methoxy groups -OCH3 is 2. The van der Waals surface area contributed by atoms with Crippen LogP contribution in [0, 0.1) is 0 Å². The van der Waals surface area contributed by atoms with Crippen molar-refractivity contribution < 1.29 is 14.3 Å². The van der Waals surface area contributed by atoms with E-state index in [1.165, 1.54) is 6.07 Å². The lowest BCUT2D eigenvalue weighted by molar-refractivity contribution is 0.0627. The van der Waals surface area contributed by atoms with Crippen LogP contribution in [0.25, 0.3) is 0 Å². The Morgan fingerprint density at radius 3 is 2.32 bits per heavy atom. The number of hydrogen-bond donors (Lipinski definition) is 0. The molecule has 19 heavy (non-hydrogen) atoms. The third-order valence-corrected chi connectivity index (χ3v) is 2.83. The van der Waals surface area contributed by atoms with Crippen molar-refractivity contribution in [2.45, 2.75) is 0 Å². The molecule has 8 heteroatoms. The highest BCUT2D eigenvalue weighted by atomic mass is 35.5. The number of amides is 1. The summed E-state index contributed by atoms with van der Waals surface area (Å²) in [5, 5.41) is 7.32. The highest BCUT2D eigenvalue weighted by Crippen LogP contribution is 2.17. The van der Waals surface area contributed by atoms with Crippen molar-refractivity contribution in [3.63, 3.8) is 0 Å². The molecule has 0 saturated heterocycles. The maximum absolute atomic E-state index is 12.3. The largest absolute Gasteiger partial charge is 0.383 e. The maximum atomic E-state index is 12.3. The Morgan fingerprint density at radius 1 is 1.21 bits per heavy atom. The predicted octanol–water partition coefficient (Wildman–Crippen LogP) is 1.52. The van der Waals surface area contributed by atoms with Crippen LogP contribution in [0.5, 0.6) is 0 Å². The SMILES string of the molecule is COCCN(CCOC)C(=O)c1cc(Cl)nnc1Cl. The van der Waals surface area contributed by atoms with E-state index in [1.54, 1.807) is 19.1 Å². The van der Waals surface area contributed by atoms with Gasteiger partial charge in [-0.1, -0.05) is 23.2 Å². The van der Waals surface area contributed by atoms with Crippen molar-refractivity contribution in [3.8, 4) is 0 Å². The fourth-order valence-corrected chi connectivity index (χ4v) is 1.71. The van der Waals surface area contributed by atoms with Crippen molar-refractivity contribution in [2.24, 2.45) is 0 Å². The zero-order chi connectivity index (χ0) is 14.3. The zero-order valence-corrected chi connectivity index (χ0v) is 12.2. The number of carbonyl (C=O) groups excluding carboxylic acids is 1. The van der Waals surface area contributed by atoms with Crippen molar-refractivity contribution in [1.82, 2.24) is 15.1 Å². The molecular formula is C11H15Cl2N3O3. The van der Waals surface area contributed by atoms with Gasteiger partial charge in [-0.25, -0.2) is 0 Å². The summed E-state index contributed by atoms with van der Waals surface area (Å²) in [4.78, 5) is 13.9. The van der Waals surface area contributed by atoms with E-state index in [1.807, 2.05) is 0 Å². The van der Waals surface area contributed by atoms with Gasteiger partial charge in [-0.15, -0.1) is 10.2 Å². The van der Waals surface area contributed by atoms with Gasteiger partial charge in [0, 0.05) is 27.3 Å². The third kappa shape index (κ3) is 4.91. The second-order valence-corrected chi connectivity index (χ2v) is 4.39. The number of hydrogen-bond acceptors (Lipinski definition) is 5. The molecule has 0 spiro atoms. The first kappa shape index (κ1) is 16.1. The normalized spacial score (nSPS) is 10.5. The van der Waals surface area contributed by atoms with E-state index in [4.69, 9.17) is 32.7 Å². The first-order valence-electron chi connectivity index (χ1n) is 5.56. The van der Waals surface area contributed by atoms with Gasteiger partial charge in [-0.3, -0.25) is 4.79 Å². The van der Waals surface area contributed by atoms with E-state index in [-0.39, 0.29) is 21.8 Å². The van der Waals surface area contributed by atoms with Crippen molar-refractivity contribution in [1.29, 1.82) is 0 Å². The van der Waals surface area contributed by atoms with Gasteiger partial charge in [0.05, 0.1) is 18.8 Å². The van der Waals surface area contributed by atoms with Crippen LogP contribution >= 0.6 is 23.2 Å². The third-order valence-electron chi connectivity index (χ3n) is 2.37. The highest BCUT2D eigenvalue weighted by molar-refractivity contribution is 6.34. The van der Waals surface area contributed by atoms with Crippen LogP contribution in [0.2, 0.25) is 10.3 Å². The lowest BCUT2D eigenvalue weighted by Gasteiger charge is -2.22. The average molecular weight is 308 g/mol. The summed E-state index contributed by atoms with van der Waals surface area (Å²) in [7, 11) is 3.13. The molecule has 0 atom stereocenters. The summed E-state index contributed by atoms with van der Waals surface area (Å²) in [6, 6.07) is 1.39. The van der Waals surface area contributed by atoms with Crippen LogP contribution in [-0.4, -0.2) is 61.5 Å². The van der Waals surface area contributed by atoms with E-state index >= 15 is 0 Å². The monoisotopic (exact) mass is 307 g/mol. The van der Waals surface area contributed by atoms with E-state index in [9.17, 15) is 4.79 Å². The molecule has 1 amide bonds. The summed E-state index contributed by atoms with van der Waals surface area (Å²) >= 11 is 11.6. The Kier molecular flexibility index (Phi) is 7.01. The minimum atomic E-state index is -0.282. The zero-order valence-electron chi connectivity index (χ0n) is 10.7. The fraction of sp³-hybridized carbons (Fsp3) is 0.545. The second kappa shape index (κ2) is 8.27. The molecule has 1 rings (SSSR count). The number of aromatic nitrogens is 2. The Labute approximate surface area is 121 Å². The van der Waals surface area contributed by atoms with Gasteiger partial charge in [0.1, 0.15) is 0 Å². The van der Waals surface area contributed by atoms with Gasteiger partial charge in [-0.05, 0) is 6.07 Å². The van der Waals surface area contributed by atoms with Gasteiger partial charge >= 0.3 is 0 Å². The van der Waals surface area contributed by atoms with Gasteiger partial charge in [0.15, 0.2) is 10.3 Å². The van der Waals surface area contributed by atoms with Crippen LogP contribution in [0.4, 0.5) is 0 Å². The second-order valence-electron chi connectivity index (χ2n) is 3.65. The maximum Gasteiger partial charge on any atom is 0.257 e. The molecule has 0 N–H and O–H groups in total. The van der Waals surface area contributed by atoms with Gasteiger partial charge < -0.3 is 14.4 Å². The molecule has 0 bridgehead atoms. The Balaban J connectivity index is 2.87. The number of nitrogens with zero attached hydrogens (tertiary/aromatic N) is 3. The highest BCUT2D eigenvalue weighted by Gasteiger charge is 2.19. The molecule has 1 heterocycles. The molecule has 6 nitrogen and oxygen atoms in total. The average Bonchev–Trinajstić information content (AvgIpc) is 2.41. The van der Waals surface area contributed by atoms with Gasteiger partial charge in [0.2, 0.25) is 0 Å². The van der Waals surface area contributed by atoms with Gasteiger partial charge in [0.25, 0.3) is 5.91 Å². The molecule has 1 aromatic rings. The van der Waals surface area contributed by atoms with Gasteiger partial charge in [-0.2, -0.15) is 0 Å². The van der Waals surface area contributed by atoms with Crippen molar-refractivity contribution in [3.05, 3.63) is 21.9 Å². The van der Waals surface area contributed by atoms with Crippen LogP contribution < -0.4 is 0 Å². The lowest BCUT2D eigenvalue weighted by Crippen LogP contribution is -2.36. The smallest absolute Gasteiger partial charge is 0.257 e. The molecular weight excluding hydrogens is 293 g/mol. The summed E-state index contributed by atoms with van der Waals surface area (Å²) in [5.74, 6) is -0.282. The fourth-order valence-electron chi connectivity index (χ4n) is 1.39. The van der Waals surface area contributed by atoms with E-state index in [0.29, 0.717) is 26.3 Å².